The highest BCUT2D eigenvalue weighted by molar-refractivity contribution is 5.92. The highest BCUT2D eigenvalue weighted by atomic mass is 16.6. The van der Waals surface area contributed by atoms with Crippen LogP contribution in [0.4, 0.5) is 5.88 Å². The Morgan fingerprint density at radius 3 is 2.52 bits per heavy atom. The van der Waals surface area contributed by atoms with Crippen molar-refractivity contribution < 1.29 is 18.9 Å². The van der Waals surface area contributed by atoms with Gasteiger partial charge in [0.15, 0.2) is 5.76 Å². The number of furan rings is 1. The molecule has 2 N–H and O–H groups in total. The molecule has 0 fully saturated rings. The maximum absolute atomic E-state index is 11.7. The van der Waals surface area contributed by atoms with Crippen LogP contribution in [0.3, 0.4) is 0 Å². The van der Waals surface area contributed by atoms with Gasteiger partial charge in [0.25, 0.3) is 11.8 Å². The normalized spacial score (nSPS) is 10.1. The Hall–Kier alpha value is -3.30. The van der Waals surface area contributed by atoms with Gasteiger partial charge in [0.1, 0.15) is 10.6 Å². The van der Waals surface area contributed by atoms with E-state index in [0.717, 1.165) is 6.07 Å². The summed E-state index contributed by atoms with van der Waals surface area (Å²) in [4.78, 5) is 40.7. The molecule has 0 aromatic carbocycles. The summed E-state index contributed by atoms with van der Waals surface area (Å²) in [6.45, 7) is 0.599. The number of hydrogen-bond donors (Lipinski definition) is 2. The lowest BCUT2D eigenvalue weighted by molar-refractivity contribution is -0.402. The summed E-state index contributed by atoms with van der Waals surface area (Å²) < 4.78 is 4.76. The van der Waals surface area contributed by atoms with Crippen LogP contribution in [0.15, 0.2) is 35.1 Å². The van der Waals surface area contributed by atoms with Crippen molar-refractivity contribution >= 4 is 17.7 Å². The Kier molecular flexibility index (Phi) is 5.34. The third-order valence-corrected chi connectivity index (χ3v) is 2.72. The zero-order valence-corrected chi connectivity index (χ0v) is 11.9. The molecular weight excluding hydrogens is 306 g/mol. The molecule has 120 valence electrons. The van der Waals surface area contributed by atoms with Gasteiger partial charge in [0.2, 0.25) is 0 Å². The summed E-state index contributed by atoms with van der Waals surface area (Å²) in [7, 11) is 0. The molecule has 0 atom stereocenters. The van der Waals surface area contributed by atoms with Crippen LogP contribution in [0, 0.1) is 10.1 Å². The lowest BCUT2D eigenvalue weighted by Gasteiger charge is -2.05. The molecule has 0 bridgehead atoms. The molecule has 0 aliphatic heterocycles. The molecule has 0 unspecified atom stereocenters. The van der Waals surface area contributed by atoms with Crippen LogP contribution in [-0.2, 0) is 0 Å². The number of amides is 2. The Morgan fingerprint density at radius 2 is 1.91 bits per heavy atom. The molecule has 10 nitrogen and oxygen atoms in total. The lowest BCUT2D eigenvalue weighted by Crippen LogP contribution is -2.30. The van der Waals surface area contributed by atoms with E-state index < -0.39 is 16.7 Å². The van der Waals surface area contributed by atoms with Gasteiger partial charge >= 0.3 is 5.88 Å². The fraction of sp³-hybridized carbons (Fsp3) is 0.231. The minimum absolute atomic E-state index is 0.139. The van der Waals surface area contributed by atoms with E-state index in [4.69, 9.17) is 4.42 Å². The number of carbonyl (C=O) groups is 2. The minimum Gasteiger partial charge on any atom is -0.395 e. The summed E-state index contributed by atoms with van der Waals surface area (Å²) in [5.74, 6) is -1.55. The highest BCUT2D eigenvalue weighted by Crippen LogP contribution is 2.15. The van der Waals surface area contributed by atoms with E-state index in [-0.39, 0.29) is 23.9 Å². The summed E-state index contributed by atoms with van der Waals surface area (Å²) in [6, 6.07) is 2.33. The van der Waals surface area contributed by atoms with Crippen LogP contribution in [0.1, 0.15) is 27.5 Å². The molecule has 0 saturated carbocycles. The zero-order chi connectivity index (χ0) is 16.7. The molecule has 2 rings (SSSR count). The van der Waals surface area contributed by atoms with Crippen molar-refractivity contribution in [2.75, 3.05) is 13.1 Å². The van der Waals surface area contributed by atoms with Gasteiger partial charge in [-0.05, 0) is 12.5 Å². The first-order valence-corrected chi connectivity index (χ1v) is 6.64. The quantitative estimate of drug-likeness (QED) is 0.431. The Balaban J connectivity index is 1.68. The van der Waals surface area contributed by atoms with Crippen molar-refractivity contribution in [3.63, 3.8) is 0 Å². The molecule has 0 spiro atoms. The molecule has 0 saturated heterocycles. The Bertz CT molecular complexity index is 700. The Morgan fingerprint density at radius 1 is 1.17 bits per heavy atom. The van der Waals surface area contributed by atoms with Gasteiger partial charge in [-0.15, -0.1) is 0 Å². The number of aromatic nitrogens is 2. The smallest absolute Gasteiger partial charge is 0.395 e. The SMILES string of the molecule is O=C(NCCCNC(=O)c1ccc([N+](=O)[O-])o1)c1cnccn1. The minimum atomic E-state index is -0.723. The molecular formula is C13H13N5O5. The standard InChI is InChI=1S/C13H13N5O5/c19-12(9-8-14-6-7-15-9)16-4-1-5-17-13(20)10-2-3-11(23-10)18(21)22/h2-3,6-8H,1,4-5H2,(H,16,19)(H,17,20). The van der Waals surface area contributed by atoms with Crippen LogP contribution in [0.5, 0.6) is 0 Å². The topological polar surface area (TPSA) is 140 Å². The lowest BCUT2D eigenvalue weighted by atomic mass is 10.3. The average molecular weight is 319 g/mol. The molecule has 2 aromatic heterocycles. The number of nitro groups is 1. The van der Waals surface area contributed by atoms with E-state index in [1.54, 1.807) is 0 Å². The predicted molar refractivity (Wildman–Crippen MR) is 76.7 cm³/mol. The zero-order valence-electron chi connectivity index (χ0n) is 11.9. The van der Waals surface area contributed by atoms with Crippen LogP contribution < -0.4 is 10.6 Å². The molecule has 2 amide bonds. The first kappa shape index (κ1) is 16.1. The number of hydrogen-bond acceptors (Lipinski definition) is 7. The molecule has 0 aliphatic carbocycles. The summed E-state index contributed by atoms with van der Waals surface area (Å²) >= 11 is 0. The second kappa shape index (κ2) is 7.64. The monoisotopic (exact) mass is 319 g/mol. The van der Waals surface area contributed by atoms with E-state index in [2.05, 4.69) is 20.6 Å². The summed E-state index contributed by atoms with van der Waals surface area (Å²) in [6.07, 6.45) is 4.70. The van der Waals surface area contributed by atoms with Crippen LogP contribution >= 0.6 is 0 Å². The van der Waals surface area contributed by atoms with Crippen molar-refractivity contribution in [1.82, 2.24) is 20.6 Å². The maximum Gasteiger partial charge on any atom is 0.433 e. The van der Waals surface area contributed by atoms with Crippen LogP contribution in [0.25, 0.3) is 0 Å². The number of carbonyl (C=O) groups excluding carboxylic acids is 2. The van der Waals surface area contributed by atoms with Crippen LogP contribution in [0.2, 0.25) is 0 Å². The molecule has 10 heteroatoms. The highest BCUT2D eigenvalue weighted by Gasteiger charge is 2.16. The molecule has 2 heterocycles. The van der Waals surface area contributed by atoms with Gasteiger partial charge in [-0.1, -0.05) is 0 Å². The van der Waals surface area contributed by atoms with E-state index in [1.165, 1.54) is 24.7 Å². The van der Waals surface area contributed by atoms with Crippen molar-refractivity contribution in [2.24, 2.45) is 0 Å². The summed E-state index contributed by atoms with van der Waals surface area (Å²) in [5.41, 5.74) is 0.208. The van der Waals surface area contributed by atoms with Crippen molar-refractivity contribution in [3.05, 3.63) is 52.3 Å². The number of rotatable bonds is 7. The van der Waals surface area contributed by atoms with E-state index in [1.807, 2.05) is 0 Å². The third-order valence-electron chi connectivity index (χ3n) is 2.72. The van der Waals surface area contributed by atoms with Gasteiger partial charge in [-0.3, -0.25) is 24.7 Å². The van der Waals surface area contributed by atoms with Crippen LogP contribution in [-0.4, -0.2) is 39.8 Å². The second-order valence-corrected chi connectivity index (χ2v) is 4.35. The predicted octanol–water partition coefficient (Wildman–Crippen LogP) is 0.528. The molecule has 2 aromatic rings. The van der Waals surface area contributed by atoms with E-state index >= 15 is 0 Å². The fourth-order valence-corrected chi connectivity index (χ4v) is 1.63. The number of nitrogens with one attached hydrogen (secondary N) is 2. The summed E-state index contributed by atoms with van der Waals surface area (Å²) in [5, 5.41) is 15.6. The molecule has 23 heavy (non-hydrogen) atoms. The van der Waals surface area contributed by atoms with E-state index in [9.17, 15) is 19.7 Å². The van der Waals surface area contributed by atoms with E-state index in [0.29, 0.717) is 13.0 Å². The van der Waals surface area contributed by atoms with Gasteiger partial charge in [0, 0.05) is 25.5 Å². The van der Waals surface area contributed by atoms with Gasteiger partial charge in [-0.2, -0.15) is 0 Å². The third kappa shape index (κ3) is 4.59. The number of nitrogens with zero attached hydrogens (tertiary/aromatic N) is 3. The second-order valence-electron chi connectivity index (χ2n) is 4.35. The Labute approximate surface area is 130 Å². The van der Waals surface area contributed by atoms with Gasteiger partial charge in [-0.25, -0.2) is 4.98 Å². The van der Waals surface area contributed by atoms with Gasteiger partial charge in [0.05, 0.1) is 12.3 Å². The molecule has 0 radical (unpaired) electrons. The largest absolute Gasteiger partial charge is 0.433 e. The molecule has 0 aliphatic rings. The van der Waals surface area contributed by atoms with Gasteiger partial charge < -0.3 is 15.1 Å². The van der Waals surface area contributed by atoms with Crippen molar-refractivity contribution in [3.8, 4) is 0 Å². The first-order valence-electron chi connectivity index (χ1n) is 6.64. The fourth-order valence-electron chi connectivity index (χ4n) is 1.63. The van der Waals surface area contributed by atoms with Crippen molar-refractivity contribution in [2.45, 2.75) is 6.42 Å². The maximum atomic E-state index is 11.7. The average Bonchev–Trinajstić information content (AvgIpc) is 3.05. The first-order chi connectivity index (χ1) is 11.1. The van der Waals surface area contributed by atoms with Crippen molar-refractivity contribution in [1.29, 1.82) is 0 Å².